The smallest absolute Gasteiger partial charge is 0.340 e. The lowest BCUT2D eigenvalue weighted by molar-refractivity contribution is 0.0602. The van der Waals surface area contributed by atoms with Gasteiger partial charge in [0.15, 0.2) is 0 Å². The molecular weight excluding hydrogens is 1320 g/mol. The van der Waals surface area contributed by atoms with Crippen molar-refractivity contribution in [2.24, 2.45) is 7.05 Å². The van der Waals surface area contributed by atoms with E-state index in [4.69, 9.17) is 37.8 Å². The van der Waals surface area contributed by atoms with Crippen LogP contribution in [0.4, 0.5) is 11.6 Å². The Morgan fingerprint density at radius 2 is 1.03 bits per heavy atom. The van der Waals surface area contributed by atoms with Crippen LogP contribution in [0.15, 0.2) is 66.6 Å². The number of fused-ring (bicyclic) bond motifs is 4. The number of benzene rings is 4. The van der Waals surface area contributed by atoms with E-state index < -0.39 is 10.0 Å². The van der Waals surface area contributed by atoms with Crippen LogP contribution in [-0.2, 0) is 21.8 Å². The number of halogens is 1. The van der Waals surface area contributed by atoms with Crippen molar-refractivity contribution in [2.75, 3.05) is 17.1 Å². The molecule has 0 bridgehead atoms. The lowest BCUT2D eigenvalue weighted by atomic mass is 10.0. The van der Waals surface area contributed by atoms with Crippen LogP contribution in [0.25, 0.3) is 88.6 Å². The number of H-pyrrole nitrogens is 3. The van der Waals surface area contributed by atoms with Crippen LogP contribution in [-0.4, -0.2) is 92.9 Å². The Morgan fingerprint density at radius 3 is 1.51 bits per heavy atom. The SMILES string of the molecule is C.COC(=O)c1cc(-c2c(C)noc2C)cc2nc(C3CC3)n(C)c12.Cc1noc(C)c1-c1cc(C)c2nc(NS(=O)(=O)C3CC3)[nH]c2c1.Cc1noc(C)c1-c1cc(I)c2nc(C3CC3)[nH]c2c1.Cc1noc(C)c1-c1cc(NC2CCCC2)c2nc(C3CC3)[nH]c2c1. The van der Waals surface area contributed by atoms with E-state index in [9.17, 15) is 13.2 Å². The van der Waals surface area contributed by atoms with Crippen LogP contribution >= 0.6 is 22.6 Å². The van der Waals surface area contributed by atoms with E-state index >= 15 is 0 Å². The molecule has 12 aromatic rings. The molecule has 0 unspecified atom stereocenters. The number of nitrogens with zero attached hydrogens (tertiary/aromatic N) is 9. The summed E-state index contributed by atoms with van der Waals surface area (Å²) in [6.45, 7) is 17.4. The molecule has 5 N–H and O–H groups in total. The zero-order chi connectivity index (χ0) is 64.9. The first-order valence-corrected chi connectivity index (χ1v) is 34.6. The van der Waals surface area contributed by atoms with Crippen molar-refractivity contribution in [1.82, 2.24) is 60.1 Å². The topological polar surface area (TPSA) is 292 Å². The maximum Gasteiger partial charge on any atom is 0.340 e. The number of sulfonamides is 1. The van der Waals surface area contributed by atoms with Gasteiger partial charge in [0.25, 0.3) is 0 Å². The minimum absolute atomic E-state index is 0. The van der Waals surface area contributed by atoms with Crippen molar-refractivity contribution in [1.29, 1.82) is 0 Å². The Bertz CT molecular complexity index is 4920. The van der Waals surface area contributed by atoms with Crippen molar-refractivity contribution < 1.29 is 36.0 Å². The van der Waals surface area contributed by atoms with Gasteiger partial charge in [-0.1, -0.05) is 40.9 Å². The number of anilines is 2. The van der Waals surface area contributed by atoms with Crippen molar-refractivity contribution in [2.45, 2.75) is 176 Å². The summed E-state index contributed by atoms with van der Waals surface area (Å²) in [6.07, 6.45) is 13.9. The molecule has 5 aliphatic rings. The molecule has 24 heteroatoms. The molecule has 0 radical (unpaired) electrons. The number of imidazole rings is 4. The van der Waals surface area contributed by atoms with E-state index in [0.29, 0.717) is 42.2 Å². The first-order valence-electron chi connectivity index (χ1n) is 32.0. The molecule has 4 aromatic carbocycles. The number of aromatic nitrogens is 12. The summed E-state index contributed by atoms with van der Waals surface area (Å²) < 4.78 is 56.1. The normalized spacial score (nSPS) is 15.6. The van der Waals surface area contributed by atoms with Crippen molar-refractivity contribution in [3.05, 3.63) is 127 Å². The molecule has 5 saturated carbocycles. The lowest BCUT2D eigenvalue weighted by Gasteiger charge is -2.15. The number of hydrogen-bond donors (Lipinski definition) is 5. The zero-order valence-corrected chi connectivity index (χ0v) is 57.0. The van der Waals surface area contributed by atoms with Crippen molar-refractivity contribution in [3.8, 4) is 44.5 Å². The molecule has 5 aliphatic carbocycles. The highest BCUT2D eigenvalue weighted by molar-refractivity contribution is 14.1. The number of nitrogens with one attached hydrogen (secondary N) is 5. The second-order valence-electron chi connectivity index (χ2n) is 25.8. The van der Waals surface area contributed by atoms with Crippen LogP contribution in [0, 0.1) is 65.9 Å². The highest BCUT2D eigenvalue weighted by atomic mass is 127. The fourth-order valence-corrected chi connectivity index (χ4v) is 15.2. The Hall–Kier alpha value is -8.65. The summed E-state index contributed by atoms with van der Waals surface area (Å²) in [5.74, 6) is 8.16. The minimum Gasteiger partial charge on any atom is -0.465 e. The molecule has 0 amide bonds. The third-order valence-electron chi connectivity index (χ3n) is 18.4. The van der Waals surface area contributed by atoms with Gasteiger partial charge in [0, 0.05) is 56.7 Å². The number of esters is 1. The van der Waals surface area contributed by atoms with Crippen LogP contribution in [0.5, 0.6) is 0 Å². The number of hydrogen-bond acceptors (Lipinski definition) is 17. The van der Waals surface area contributed by atoms with Gasteiger partial charge in [-0.2, -0.15) is 0 Å². The Morgan fingerprint density at radius 1 is 0.564 bits per heavy atom. The largest absolute Gasteiger partial charge is 0.465 e. The summed E-state index contributed by atoms with van der Waals surface area (Å²) in [6, 6.07) is 17.1. The number of rotatable bonds is 13. The summed E-state index contributed by atoms with van der Waals surface area (Å²) in [5, 5.41) is 19.6. The van der Waals surface area contributed by atoms with Crippen LogP contribution < -0.4 is 10.0 Å². The quantitative estimate of drug-likeness (QED) is 0.0529. The van der Waals surface area contributed by atoms with Gasteiger partial charge in [-0.25, -0.2) is 33.1 Å². The average Bonchev–Trinajstić information content (AvgIpc) is 1.60. The highest BCUT2D eigenvalue weighted by Crippen LogP contribution is 2.45. The summed E-state index contributed by atoms with van der Waals surface area (Å²) in [5.41, 5.74) is 21.8. The number of aromatic amines is 3. The van der Waals surface area contributed by atoms with Crippen molar-refractivity contribution >= 4 is 94.4 Å². The van der Waals surface area contributed by atoms with Crippen LogP contribution in [0.2, 0.25) is 0 Å². The van der Waals surface area contributed by atoms with Gasteiger partial charge < -0.3 is 47.7 Å². The maximum atomic E-state index is 12.4. The van der Waals surface area contributed by atoms with Gasteiger partial charge in [-0.3, -0.25) is 4.72 Å². The van der Waals surface area contributed by atoms with Crippen LogP contribution in [0.3, 0.4) is 0 Å². The van der Waals surface area contributed by atoms with E-state index in [-0.39, 0.29) is 24.6 Å². The number of carbonyl (C=O) groups excluding carboxylic acids is 1. The van der Waals surface area contributed by atoms with E-state index in [1.165, 1.54) is 62.0 Å². The summed E-state index contributed by atoms with van der Waals surface area (Å²) in [4.78, 5) is 41.3. The Labute approximate surface area is 558 Å². The number of ether oxygens (including phenoxy) is 1. The van der Waals surface area contributed by atoms with E-state index in [1.807, 2.05) is 98.2 Å². The monoisotopic (exact) mass is 1400 g/mol. The minimum atomic E-state index is -3.34. The van der Waals surface area contributed by atoms with E-state index in [1.54, 1.807) is 0 Å². The molecule has 94 heavy (non-hydrogen) atoms. The number of methoxy groups -OCH3 is 1. The number of aryl methyl sites for hydroxylation is 10. The lowest BCUT2D eigenvalue weighted by Crippen LogP contribution is -2.18. The molecule has 8 aromatic heterocycles. The van der Waals surface area contributed by atoms with Gasteiger partial charge in [-0.05, 0) is 225 Å². The molecule has 0 spiro atoms. The zero-order valence-electron chi connectivity index (χ0n) is 54.1. The van der Waals surface area contributed by atoms with Gasteiger partial charge in [0.05, 0.1) is 79.5 Å². The predicted octanol–water partition coefficient (Wildman–Crippen LogP) is 16.6. The first kappa shape index (κ1) is 64.1. The third-order valence-corrected chi connectivity index (χ3v) is 21.1. The number of carbonyl (C=O) groups is 1. The fraction of sp³-hybridized carbons (Fsp3) is 0.414. The molecule has 490 valence electrons. The molecule has 5 fully saturated rings. The summed E-state index contributed by atoms with van der Waals surface area (Å²) >= 11 is 2.36. The third kappa shape index (κ3) is 12.7. The van der Waals surface area contributed by atoms with Gasteiger partial charge in [0.1, 0.15) is 51.5 Å². The molecule has 0 saturated heterocycles. The van der Waals surface area contributed by atoms with E-state index in [0.717, 1.165) is 176 Å². The Balaban J connectivity index is 0.000000114. The van der Waals surface area contributed by atoms with Gasteiger partial charge >= 0.3 is 5.97 Å². The molecular formula is C70H79IN14O8S. The molecule has 0 atom stereocenters. The average molecular weight is 1400 g/mol. The highest BCUT2D eigenvalue weighted by Gasteiger charge is 2.37. The predicted molar refractivity (Wildman–Crippen MR) is 372 cm³/mol. The van der Waals surface area contributed by atoms with Gasteiger partial charge in [-0.15, -0.1) is 0 Å². The molecule has 8 heterocycles. The standard InChI is InChI=1S/C20H24N4O.C18H19N3O3.C16H18N4O3S.C15H14IN3O.CH4/c1-11-18(12(2)25-24-11)14-9-16(21-15-5-3-4-6-15)19-17(10-14)22-20(23-19)13-7-8-13;1-9-15(10(2)24-20-9)12-7-13(18(22)23-4)16-14(8-12)19-17(21(16)3)11-5-6-11;1-8-6-11(14-9(2)19-23-10(14)3)7-13-15(8)18-16(17-13)20-24(21,22)12-4-5-12;1-7-13(8(2)20-19-7)10-5-11(16)14-12(6-10)17-15(18-14)9-3-4-9;/h9-10,13,15,21H,3-8H2,1-2H3,(H,22,23);7-8,11H,5-6H2,1-4H3;6-7,12H,4-5H2,1-3H3,(H2,17,18,20);5-6,9H,3-4H2,1-2H3,(H,17,18);1H4. The van der Waals surface area contributed by atoms with Crippen molar-refractivity contribution in [3.63, 3.8) is 0 Å². The second kappa shape index (κ2) is 25.2. The van der Waals surface area contributed by atoms with E-state index in [2.05, 4.69) is 97.5 Å². The molecule has 0 aliphatic heterocycles. The van der Waals surface area contributed by atoms with Crippen LogP contribution in [0.1, 0.15) is 181 Å². The molecule has 22 nitrogen and oxygen atoms in total. The Kier molecular flexibility index (Phi) is 17.2. The first-order chi connectivity index (χ1) is 44.7. The summed E-state index contributed by atoms with van der Waals surface area (Å²) in [7, 11) is 0.0249. The fourth-order valence-electron chi connectivity index (χ4n) is 13.2. The molecule has 17 rings (SSSR count). The maximum absolute atomic E-state index is 12.4. The second-order valence-corrected chi connectivity index (χ2v) is 28.9. The van der Waals surface area contributed by atoms with Gasteiger partial charge in [0.2, 0.25) is 16.0 Å².